The molecule has 1 aromatic heterocycles. The Morgan fingerprint density at radius 1 is 1.07 bits per heavy atom. The van der Waals surface area contributed by atoms with Crippen LogP contribution in [0.3, 0.4) is 0 Å². The molecule has 0 saturated carbocycles. The van der Waals surface area contributed by atoms with Gasteiger partial charge in [-0.25, -0.2) is 13.1 Å². The Balaban J connectivity index is 1.75. The summed E-state index contributed by atoms with van der Waals surface area (Å²) >= 11 is 5.83. The molecular formula is C20H18ClNO6S. The van der Waals surface area contributed by atoms with Gasteiger partial charge in [-0.05, 0) is 23.8 Å². The van der Waals surface area contributed by atoms with Crippen LogP contribution in [0.1, 0.15) is 17.1 Å². The van der Waals surface area contributed by atoms with Gasteiger partial charge in [0.25, 0.3) is 0 Å². The highest BCUT2D eigenvalue weighted by atomic mass is 35.5. The van der Waals surface area contributed by atoms with Crippen molar-refractivity contribution in [1.29, 1.82) is 0 Å². The van der Waals surface area contributed by atoms with Crippen LogP contribution in [-0.4, -0.2) is 13.5 Å². The lowest BCUT2D eigenvalue weighted by atomic mass is 10.2. The summed E-state index contributed by atoms with van der Waals surface area (Å²) in [6.07, 6.45) is 0. The summed E-state index contributed by atoms with van der Waals surface area (Å²) in [6, 6.07) is 16.1. The van der Waals surface area contributed by atoms with E-state index >= 15 is 0 Å². The molecule has 0 atom stereocenters. The van der Waals surface area contributed by atoms with Gasteiger partial charge < -0.3 is 14.3 Å². The molecule has 0 fully saturated rings. The van der Waals surface area contributed by atoms with Crippen molar-refractivity contribution in [2.24, 2.45) is 0 Å². The van der Waals surface area contributed by atoms with E-state index in [-0.39, 0.29) is 40.3 Å². The van der Waals surface area contributed by atoms with Crippen LogP contribution < -0.4 is 14.9 Å². The molecule has 0 radical (unpaired) electrons. The Morgan fingerprint density at radius 3 is 2.52 bits per heavy atom. The fourth-order valence-corrected chi connectivity index (χ4v) is 3.83. The van der Waals surface area contributed by atoms with Gasteiger partial charge in [-0.3, -0.25) is 4.79 Å². The molecule has 0 saturated heterocycles. The predicted molar refractivity (Wildman–Crippen MR) is 107 cm³/mol. The monoisotopic (exact) mass is 435 g/mol. The minimum atomic E-state index is -3.86. The van der Waals surface area contributed by atoms with E-state index < -0.39 is 22.1 Å². The average molecular weight is 436 g/mol. The first kappa shape index (κ1) is 21.1. The van der Waals surface area contributed by atoms with Crippen molar-refractivity contribution in [2.45, 2.75) is 24.7 Å². The Kier molecular flexibility index (Phi) is 6.71. The van der Waals surface area contributed by atoms with Crippen LogP contribution in [0.5, 0.6) is 5.75 Å². The third-order valence-electron chi connectivity index (χ3n) is 3.94. The highest BCUT2D eigenvalue weighted by molar-refractivity contribution is 7.89. The molecule has 3 rings (SSSR count). The highest BCUT2D eigenvalue weighted by Crippen LogP contribution is 2.19. The number of rotatable bonds is 8. The zero-order valence-electron chi connectivity index (χ0n) is 15.2. The number of hydrogen-bond acceptors (Lipinski definition) is 6. The second kappa shape index (κ2) is 9.23. The van der Waals surface area contributed by atoms with Crippen LogP contribution in [0.15, 0.2) is 74.8 Å². The smallest absolute Gasteiger partial charge is 0.241 e. The van der Waals surface area contributed by atoms with Gasteiger partial charge in [0.15, 0.2) is 5.76 Å². The minimum absolute atomic E-state index is 0.0162. The third-order valence-corrected chi connectivity index (χ3v) is 5.57. The van der Waals surface area contributed by atoms with Gasteiger partial charge in [0, 0.05) is 11.1 Å². The Labute approximate surface area is 172 Å². The van der Waals surface area contributed by atoms with Crippen LogP contribution >= 0.6 is 11.6 Å². The summed E-state index contributed by atoms with van der Waals surface area (Å²) in [6.45, 7) is -0.732. The number of nitrogens with one attached hydrogen (secondary N) is 1. The summed E-state index contributed by atoms with van der Waals surface area (Å²) in [5.41, 5.74) is 0.322. The first-order valence-corrected chi connectivity index (χ1v) is 10.4. The number of halogens is 1. The molecule has 0 aliphatic rings. The van der Waals surface area contributed by atoms with Crippen molar-refractivity contribution in [3.05, 3.63) is 93.0 Å². The first-order chi connectivity index (χ1) is 13.9. The summed E-state index contributed by atoms with van der Waals surface area (Å²) in [5, 5.41) is 9.81. The molecule has 152 valence electrons. The molecule has 3 aromatic rings. The van der Waals surface area contributed by atoms with Crippen LogP contribution in [-0.2, 0) is 29.8 Å². The van der Waals surface area contributed by atoms with E-state index in [4.69, 9.17) is 20.8 Å². The Hall–Kier alpha value is -2.65. The summed E-state index contributed by atoms with van der Waals surface area (Å²) in [7, 11) is -3.86. The lowest BCUT2D eigenvalue weighted by Crippen LogP contribution is -2.24. The van der Waals surface area contributed by atoms with Crippen molar-refractivity contribution in [3.8, 4) is 5.75 Å². The van der Waals surface area contributed by atoms with Crippen LogP contribution in [0.4, 0.5) is 0 Å². The zero-order valence-corrected chi connectivity index (χ0v) is 16.7. The number of aliphatic hydroxyl groups excluding tert-OH is 1. The zero-order chi connectivity index (χ0) is 20.9. The average Bonchev–Trinajstić information content (AvgIpc) is 2.72. The van der Waals surface area contributed by atoms with Crippen molar-refractivity contribution in [1.82, 2.24) is 4.72 Å². The third kappa shape index (κ3) is 5.45. The summed E-state index contributed by atoms with van der Waals surface area (Å²) in [4.78, 5) is 12.4. The summed E-state index contributed by atoms with van der Waals surface area (Å²) < 4.78 is 38.0. The second-order valence-electron chi connectivity index (χ2n) is 6.04. The van der Waals surface area contributed by atoms with Crippen molar-refractivity contribution < 1.29 is 22.7 Å². The number of ether oxygens (including phenoxy) is 1. The normalized spacial score (nSPS) is 11.4. The molecule has 9 heteroatoms. The maximum absolute atomic E-state index is 12.4. The van der Waals surface area contributed by atoms with Gasteiger partial charge in [0.2, 0.25) is 21.2 Å². The first-order valence-electron chi connectivity index (χ1n) is 8.58. The fraction of sp³-hybridized carbons (Fsp3) is 0.150. The standard InChI is InChI=1S/C20H18ClNO6S/c21-15-7-4-8-17(9-15)29(25,26)22-11-16-10-18(24)20(19(12-23)28-16)27-13-14-5-2-1-3-6-14/h1-10,22-23H,11-13H2. The summed E-state index contributed by atoms with van der Waals surface area (Å²) in [5.74, 6) is -0.153. The van der Waals surface area contributed by atoms with Crippen molar-refractivity contribution >= 4 is 21.6 Å². The topological polar surface area (TPSA) is 106 Å². The number of sulfonamides is 1. The second-order valence-corrected chi connectivity index (χ2v) is 8.25. The Bertz CT molecular complexity index is 1150. The molecule has 0 aliphatic heterocycles. The molecule has 29 heavy (non-hydrogen) atoms. The molecule has 0 amide bonds. The molecular weight excluding hydrogens is 418 g/mol. The quantitative estimate of drug-likeness (QED) is 0.563. The largest absolute Gasteiger partial charge is 0.482 e. The molecule has 0 spiro atoms. The molecule has 2 N–H and O–H groups in total. The molecule has 2 aromatic carbocycles. The SMILES string of the molecule is O=c1cc(CNS(=O)(=O)c2cccc(Cl)c2)oc(CO)c1OCc1ccccc1. The molecule has 0 aliphatic carbocycles. The van der Waals surface area contributed by atoms with Gasteiger partial charge in [0.05, 0.1) is 11.4 Å². The van der Waals surface area contributed by atoms with E-state index in [0.717, 1.165) is 11.6 Å². The van der Waals surface area contributed by atoms with E-state index in [2.05, 4.69) is 4.72 Å². The van der Waals surface area contributed by atoms with Gasteiger partial charge in [-0.2, -0.15) is 0 Å². The van der Waals surface area contributed by atoms with Crippen LogP contribution in [0.2, 0.25) is 5.02 Å². The Morgan fingerprint density at radius 2 is 1.83 bits per heavy atom. The van der Waals surface area contributed by atoms with E-state index in [1.807, 2.05) is 30.3 Å². The lowest BCUT2D eigenvalue weighted by Gasteiger charge is -2.11. The molecule has 0 unspecified atom stereocenters. The van der Waals surface area contributed by atoms with Gasteiger partial charge >= 0.3 is 0 Å². The highest BCUT2D eigenvalue weighted by Gasteiger charge is 2.17. The minimum Gasteiger partial charge on any atom is -0.482 e. The van der Waals surface area contributed by atoms with Gasteiger partial charge in [0.1, 0.15) is 19.0 Å². The van der Waals surface area contributed by atoms with Crippen LogP contribution in [0, 0.1) is 0 Å². The van der Waals surface area contributed by atoms with E-state index in [0.29, 0.717) is 0 Å². The van der Waals surface area contributed by atoms with Crippen LogP contribution in [0.25, 0.3) is 0 Å². The maximum atomic E-state index is 12.4. The van der Waals surface area contributed by atoms with E-state index in [9.17, 15) is 18.3 Å². The number of benzene rings is 2. The number of hydrogen-bond donors (Lipinski definition) is 2. The van der Waals surface area contributed by atoms with E-state index in [1.165, 1.54) is 18.2 Å². The predicted octanol–water partition coefficient (Wildman–Crippen LogP) is 2.84. The van der Waals surface area contributed by atoms with Crippen molar-refractivity contribution in [2.75, 3.05) is 0 Å². The maximum Gasteiger partial charge on any atom is 0.241 e. The molecule has 7 nitrogen and oxygen atoms in total. The molecule has 1 heterocycles. The number of aliphatic hydroxyl groups is 1. The molecule has 0 bridgehead atoms. The fourth-order valence-electron chi connectivity index (χ4n) is 2.54. The lowest BCUT2D eigenvalue weighted by molar-refractivity contribution is 0.213. The van der Waals surface area contributed by atoms with E-state index in [1.54, 1.807) is 6.07 Å². The van der Waals surface area contributed by atoms with Gasteiger partial charge in [-0.15, -0.1) is 0 Å². The van der Waals surface area contributed by atoms with Gasteiger partial charge in [-0.1, -0.05) is 48.0 Å². The van der Waals surface area contributed by atoms with Crippen molar-refractivity contribution in [3.63, 3.8) is 0 Å².